The summed E-state index contributed by atoms with van der Waals surface area (Å²) in [6, 6.07) is 5.62. The number of carbonyl (C=O) groups excluding carboxylic acids is 2. The molecular weight excluding hydrogens is 312 g/mol. The molecule has 1 aromatic rings. The van der Waals surface area contributed by atoms with E-state index in [9.17, 15) is 14.7 Å². The van der Waals surface area contributed by atoms with E-state index < -0.39 is 23.8 Å². The maximum atomic E-state index is 12.1. The van der Waals surface area contributed by atoms with Gasteiger partial charge in [-0.3, -0.25) is 14.8 Å². The third-order valence-electron chi connectivity index (χ3n) is 3.08. The van der Waals surface area contributed by atoms with E-state index in [1.807, 2.05) is 0 Å². The van der Waals surface area contributed by atoms with Gasteiger partial charge in [0.1, 0.15) is 0 Å². The van der Waals surface area contributed by atoms with Crippen LogP contribution in [-0.4, -0.2) is 48.5 Å². The van der Waals surface area contributed by atoms with Crippen molar-refractivity contribution in [3.63, 3.8) is 0 Å². The normalized spacial score (nSPS) is 13.3. The van der Waals surface area contributed by atoms with Crippen molar-refractivity contribution >= 4 is 23.4 Å². The minimum Gasteiger partial charge on any atom is -0.394 e. The Morgan fingerprint density at radius 1 is 1.32 bits per heavy atom. The van der Waals surface area contributed by atoms with Gasteiger partial charge in [0.2, 0.25) is 5.91 Å². The largest absolute Gasteiger partial charge is 0.394 e. The number of halogens is 1. The summed E-state index contributed by atoms with van der Waals surface area (Å²) < 4.78 is 4.89. The Morgan fingerprint density at radius 2 is 1.95 bits per heavy atom. The van der Waals surface area contributed by atoms with Crippen molar-refractivity contribution in [1.82, 2.24) is 10.8 Å². The Morgan fingerprint density at radius 3 is 2.45 bits per heavy atom. The maximum absolute atomic E-state index is 12.1. The second kappa shape index (κ2) is 9.37. The zero-order chi connectivity index (χ0) is 16.5. The van der Waals surface area contributed by atoms with Crippen LogP contribution in [0.2, 0.25) is 5.02 Å². The zero-order valence-electron chi connectivity index (χ0n) is 12.1. The van der Waals surface area contributed by atoms with Gasteiger partial charge in [0.05, 0.1) is 25.2 Å². The van der Waals surface area contributed by atoms with E-state index in [0.29, 0.717) is 10.6 Å². The summed E-state index contributed by atoms with van der Waals surface area (Å²) in [4.78, 5) is 23.6. The summed E-state index contributed by atoms with van der Waals surface area (Å²) in [5, 5.41) is 21.2. The van der Waals surface area contributed by atoms with Crippen molar-refractivity contribution in [2.45, 2.75) is 12.5 Å². The maximum Gasteiger partial charge on any atom is 0.251 e. The molecule has 0 bridgehead atoms. The molecular formula is C14H19ClN2O5. The van der Waals surface area contributed by atoms with Crippen molar-refractivity contribution in [3.8, 4) is 0 Å². The lowest BCUT2D eigenvalue weighted by atomic mass is 10.00. The number of hydrogen-bond donors (Lipinski definition) is 4. The van der Waals surface area contributed by atoms with Gasteiger partial charge in [0.25, 0.3) is 5.91 Å². The summed E-state index contributed by atoms with van der Waals surface area (Å²) in [6.07, 6.45) is 0.121. The third kappa shape index (κ3) is 5.61. The van der Waals surface area contributed by atoms with Gasteiger partial charge in [-0.15, -0.1) is 0 Å². The number of rotatable bonds is 8. The molecule has 0 unspecified atom stereocenters. The lowest BCUT2D eigenvalue weighted by Gasteiger charge is -2.21. The first-order valence-corrected chi connectivity index (χ1v) is 6.99. The first-order valence-electron chi connectivity index (χ1n) is 6.62. The van der Waals surface area contributed by atoms with Crippen LogP contribution in [0, 0.1) is 5.92 Å². The van der Waals surface area contributed by atoms with Gasteiger partial charge in [-0.25, -0.2) is 5.48 Å². The predicted molar refractivity (Wildman–Crippen MR) is 79.7 cm³/mol. The van der Waals surface area contributed by atoms with Crippen LogP contribution in [0.1, 0.15) is 16.8 Å². The van der Waals surface area contributed by atoms with Crippen molar-refractivity contribution < 1.29 is 24.6 Å². The van der Waals surface area contributed by atoms with Crippen LogP contribution in [0.4, 0.5) is 0 Å². The lowest BCUT2D eigenvalue weighted by Crippen LogP contribution is -2.42. The number of amides is 2. The molecule has 0 aliphatic rings. The molecule has 1 aromatic carbocycles. The van der Waals surface area contributed by atoms with Gasteiger partial charge < -0.3 is 15.2 Å². The van der Waals surface area contributed by atoms with Crippen molar-refractivity contribution in [1.29, 1.82) is 0 Å². The standard InChI is InChI=1S/C14H19ClN2O5/c1-22-8-10(14(20)17-21)6-12(7-18)16-13(19)9-2-4-11(15)5-3-9/h2-5,10,12,18,21H,6-8H2,1H3,(H,16,19)(H,17,20)/t10-,12+/m1/s1. The van der Waals surface area contributed by atoms with Crippen LogP contribution in [-0.2, 0) is 9.53 Å². The molecule has 0 radical (unpaired) electrons. The molecule has 0 saturated carbocycles. The number of hydroxylamine groups is 1. The highest BCUT2D eigenvalue weighted by atomic mass is 35.5. The summed E-state index contributed by atoms with van der Waals surface area (Å²) in [5.41, 5.74) is 1.93. The molecule has 0 aromatic heterocycles. The molecule has 7 nitrogen and oxygen atoms in total. The zero-order valence-corrected chi connectivity index (χ0v) is 12.8. The van der Waals surface area contributed by atoms with Crippen LogP contribution < -0.4 is 10.8 Å². The Hall–Kier alpha value is -1.67. The molecule has 1 rings (SSSR count). The first kappa shape index (κ1) is 18.4. The SMILES string of the molecule is COC[C@@H](C[C@@H](CO)NC(=O)c1ccc(Cl)cc1)C(=O)NO. The molecule has 0 aliphatic heterocycles. The fourth-order valence-corrected chi connectivity index (χ4v) is 2.06. The molecule has 2 amide bonds. The number of ether oxygens (including phenoxy) is 1. The van der Waals surface area contributed by atoms with Gasteiger partial charge in [-0.1, -0.05) is 11.6 Å². The molecule has 0 fully saturated rings. The fraction of sp³-hybridized carbons (Fsp3) is 0.429. The lowest BCUT2D eigenvalue weighted by molar-refractivity contribution is -0.135. The van der Waals surface area contributed by atoms with Crippen LogP contribution in [0.5, 0.6) is 0 Å². The van der Waals surface area contributed by atoms with Crippen LogP contribution >= 0.6 is 11.6 Å². The number of aliphatic hydroxyl groups excluding tert-OH is 1. The summed E-state index contributed by atoms with van der Waals surface area (Å²) in [6.45, 7) is -0.294. The van der Waals surface area contributed by atoms with Crippen LogP contribution in [0.25, 0.3) is 0 Å². The number of aliphatic hydroxyl groups is 1. The summed E-state index contributed by atoms with van der Waals surface area (Å²) in [7, 11) is 1.41. The molecule has 4 N–H and O–H groups in total. The highest BCUT2D eigenvalue weighted by Gasteiger charge is 2.24. The monoisotopic (exact) mass is 330 g/mol. The second-order valence-electron chi connectivity index (χ2n) is 4.72. The third-order valence-corrected chi connectivity index (χ3v) is 3.33. The second-order valence-corrected chi connectivity index (χ2v) is 5.16. The predicted octanol–water partition coefficient (Wildman–Crippen LogP) is 0.589. The Kier molecular flexibility index (Phi) is 7.83. The average Bonchev–Trinajstić information content (AvgIpc) is 2.53. The van der Waals surface area contributed by atoms with E-state index in [0.717, 1.165) is 0 Å². The highest BCUT2D eigenvalue weighted by Crippen LogP contribution is 2.11. The van der Waals surface area contributed by atoms with E-state index in [2.05, 4.69) is 5.32 Å². The highest BCUT2D eigenvalue weighted by molar-refractivity contribution is 6.30. The minimum absolute atomic E-state index is 0.0553. The first-order chi connectivity index (χ1) is 10.5. The summed E-state index contributed by atoms with van der Waals surface area (Å²) in [5.74, 6) is -1.73. The van der Waals surface area contributed by atoms with Gasteiger partial charge in [-0.2, -0.15) is 0 Å². The molecule has 22 heavy (non-hydrogen) atoms. The van der Waals surface area contributed by atoms with Gasteiger partial charge in [0, 0.05) is 17.7 Å². The molecule has 0 spiro atoms. The molecule has 0 aliphatic carbocycles. The van der Waals surface area contributed by atoms with E-state index in [1.54, 1.807) is 29.7 Å². The number of methoxy groups -OCH3 is 1. The minimum atomic E-state index is -0.697. The van der Waals surface area contributed by atoms with Crippen molar-refractivity contribution in [3.05, 3.63) is 34.9 Å². The van der Waals surface area contributed by atoms with Gasteiger partial charge in [-0.05, 0) is 30.7 Å². The van der Waals surface area contributed by atoms with E-state index in [-0.39, 0.29) is 19.6 Å². The van der Waals surface area contributed by atoms with Crippen LogP contribution in [0.3, 0.4) is 0 Å². The van der Waals surface area contributed by atoms with Crippen molar-refractivity contribution in [2.75, 3.05) is 20.3 Å². The number of carbonyl (C=O) groups is 2. The smallest absolute Gasteiger partial charge is 0.251 e. The molecule has 122 valence electrons. The molecule has 8 heteroatoms. The molecule has 0 saturated heterocycles. The van der Waals surface area contributed by atoms with Gasteiger partial charge >= 0.3 is 0 Å². The molecule has 2 atom stereocenters. The fourth-order valence-electron chi connectivity index (χ4n) is 1.94. The number of nitrogens with one attached hydrogen (secondary N) is 2. The van der Waals surface area contributed by atoms with E-state index in [1.165, 1.54) is 7.11 Å². The van der Waals surface area contributed by atoms with Crippen molar-refractivity contribution in [2.24, 2.45) is 5.92 Å². The van der Waals surface area contributed by atoms with E-state index >= 15 is 0 Å². The topological polar surface area (TPSA) is 108 Å². The van der Waals surface area contributed by atoms with Gasteiger partial charge in [0.15, 0.2) is 0 Å². The van der Waals surface area contributed by atoms with E-state index in [4.69, 9.17) is 21.5 Å². The Balaban J connectivity index is 2.68. The Bertz CT molecular complexity index is 495. The Labute approximate surface area is 133 Å². The molecule has 0 heterocycles. The number of hydrogen-bond acceptors (Lipinski definition) is 5. The summed E-state index contributed by atoms with van der Waals surface area (Å²) >= 11 is 5.75. The van der Waals surface area contributed by atoms with Crippen LogP contribution in [0.15, 0.2) is 24.3 Å². The number of benzene rings is 1. The quantitative estimate of drug-likeness (QED) is 0.412. The average molecular weight is 331 g/mol.